The van der Waals surface area contributed by atoms with E-state index in [-0.39, 0.29) is 17.4 Å². The molecule has 3 aromatic rings. The maximum Gasteiger partial charge on any atom is 0.294 e. The lowest BCUT2D eigenvalue weighted by Gasteiger charge is -2.34. The first-order valence-electron chi connectivity index (χ1n) is 11.7. The number of aromatic nitrogens is 1. The average Bonchev–Trinajstić information content (AvgIpc) is 3.49. The van der Waals surface area contributed by atoms with Gasteiger partial charge in [0.1, 0.15) is 12.0 Å². The van der Waals surface area contributed by atoms with E-state index in [0.717, 1.165) is 11.1 Å². The number of aliphatic hydroxyl groups excluding tert-OH is 1. The second-order valence-corrected chi connectivity index (χ2v) is 8.75. The molecule has 0 radical (unpaired) electrons. The van der Waals surface area contributed by atoms with Gasteiger partial charge in [-0.2, -0.15) is 0 Å². The van der Waals surface area contributed by atoms with Crippen molar-refractivity contribution >= 4 is 23.3 Å². The van der Waals surface area contributed by atoms with Crippen molar-refractivity contribution in [1.82, 2.24) is 10.5 Å². The fourth-order valence-electron chi connectivity index (χ4n) is 5.04. The SMILES string of the molecule is CCNC(=O)c1ccc2cc1CC(CC)C1C(=C(O)C(=O)N1c1ccc(-c3ccon3)cc1)C2=O. The minimum Gasteiger partial charge on any atom is -0.503 e. The van der Waals surface area contributed by atoms with Crippen molar-refractivity contribution in [3.05, 3.63) is 82.8 Å². The lowest BCUT2D eigenvalue weighted by atomic mass is 9.79. The van der Waals surface area contributed by atoms with Crippen LogP contribution in [0.25, 0.3) is 11.3 Å². The predicted octanol–water partition coefficient (Wildman–Crippen LogP) is 4.08. The number of hydrogen-bond acceptors (Lipinski definition) is 6. The summed E-state index contributed by atoms with van der Waals surface area (Å²) in [6, 6.07) is 13.2. The van der Waals surface area contributed by atoms with Crippen LogP contribution in [0.15, 0.2) is 70.6 Å². The smallest absolute Gasteiger partial charge is 0.294 e. The van der Waals surface area contributed by atoms with Gasteiger partial charge in [0.15, 0.2) is 11.5 Å². The number of amides is 2. The zero-order valence-electron chi connectivity index (χ0n) is 19.4. The molecule has 2 atom stereocenters. The van der Waals surface area contributed by atoms with Gasteiger partial charge in [-0.05, 0) is 49.1 Å². The first kappa shape index (κ1) is 22.6. The van der Waals surface area contributed by atoms with Crippen molar-refractivity contribution in [2.45, 2.75) is 32.7 Å². The molecule has 2 heterocycles. The average molecular weight is 472 g/mol. The van der Waals surface area contributed by atoms with Gasteiger partial charge in [0.2, 0.25) is 0 Å². The Labute approximate surface area is 202 Å². The number of anilines is 1. The fourth-order valence-corrected chi connectivity index (χ4v) is 5.04. The summed E-state index contributed by atoms with van der Waals surface area (Å²) < 4.78 is 4.91. The maximum absolute atomic E-state index is 13.5. The van der Waals surface area contributed by atoms with Gasteiger partial charge >= 0.3 is 0 Å². The van der Waals surface area contributed by atoms with Crippen LogP contribution in [0.3, 0.4) is 0 Å². The van der Waals surface area contributed by atoms with E-state index >= 15 is 0 Å². The molecule has 0 spiro atoms. The van der Waals surface area contributed by atoms with Crippen molar-refractivity contribution in [1.29, 1.82) is 0 Å². The van der Waals surface area contributed by atoms with Crippen LogP contribution in [0.4, 0.5) is 5.69 Å². The summed E-state index contributed by atoms with van der Waals surface area (Å²) in [4.78, 5) is 41.0. The molecule has 5 rings (SSSR count). The van der Waals surface area contributed by atoms with Gasteiger partial charge < -0.3 is 14.9 Å². The number of carbonyl (C=O) groups is 3. The summed E-state index contributed by atoms with van der Waals surface area (Å²) in [5.74, 6) is -1.91. The second-order valence-electron chi connectivity index (χ2n) is 8.75. The molecule has 1 aromatic heterocycles. The standard InChI is InChI=1S/C27H25N3O5/c1-3-15-13-18-14-17(7-10-20(18)26(33)28-4-2)24(31)22-23(15)30(27(34)25(22)32)19-8-5-16(6-9-19)21-11-12-35-29-21/h5-12,14-15,23,32H,3-4,13H2,1-2H3,(H,28,33). The molecular formula is C27H25N3O5. The van der Waals surface area contributed by atoms with E-state index in [1.165, 1.54) is 11.2 Å². The van der Waals surface area contributed by atoms with E-state index in [2.05, 4.69) is 10.5 Å². The zero-order valence-corrected chi connectivity index (χ0v) is 19.4. The van der Waals surface area contributed by atoms with Crippen LogP contribution in [0.1, 0.15) is 46.5 Å². The van der Waals surface area contributed by atoms with E-state index in [1.54, 1.807) is 36.4 Å². The Morgan fingerprint density at radius 3 is 2.51 bits per heavy atom. The van der Waals surface area contributed by atoms with Crippen LogP contribution in [0.2, 0.25) is 0 Å². The molecule has 0 saturated heterocycles. The van der Waals surface area contributed by atoms with Gasteiger partial charge in [-0.1, -0.05) is 36.7 Å². The minimum atomic E-state index is -0.654. The molecule has 2 bridgehead atoms. The number of hydrogen-bond donors (Lipinski definition) is 2. The van der Waals surface area contributed by atoms with Crippen molar-refractivity contribution < 1.29 is 24.0 Å². The Hall–Kier alpha value is -4.20. The maximum atomic E-state index is 13.5. The van der Waals surface area contributed by atoms with Crippen LogP contribution in [0, 0.1) is 5.92 Å². The van der Waals surface area contributed by atoms with Crippen molar-refractivity contribution in [2.75, 3.05) is 11.4 Å². The molecule has 2 aliphatic rings. The van der Waals surface area contributed by atoms with E-state index in [4.69, 9.17) is 4.52 Å². The summed E-state index contributed by atoms with van der Waals surface area (Å²) in [6.45, 7) is 4.32. The van der Waals surface area contributed by atoms with Gasteiger partial charge in [0.25, 0.3) is 11.8 Å². The number of nitrogens with one attached hydrogen (secondary N) is 1. The molecule has 1 aliphatic carbocycles. The minimum absolute atomic E-state index is 0.110. The monoisotopic (exact) mass is 471 g/mol. The van der Waals surface area contributed by atoms with Gasteiger partial charge in [-0.15, -0.1) is 0 Å². The van der Waals surface area contributed by atoms with Gasteiger partial charge in [-0.25, -0.2) is 0 Å². The first-order chi connectivity index (χ1) is 16.9. The van der Waals surface area contributed by atoms with Crippen LogP contribution < -0.4 is 10.2 Å². The number of aliphatic hydroxyl groups is 1. The third kappa shape index (κ3) is 3.71. The molecule has 2 N–H and O–H groups in total. The van der Waals surface area contributed by atoms with Crippen LogP contribution in [-0.4, -0.2) is 40.4 Å². The Morgan fingerprint density at radius 2 is 1.86 bits per heavy atom. The fraction of sp³-hybridized carbons (Fsp3) is 0.259. The van der Waals surface area contributed by atoms with Crippen molar-refractivity contribution in [3.63, 3.8) is 0 Å². The van der Waals surface area contributed by atoms with E-state index in [9.17, 15) is 19.5 Å². The van der Waals surface area contributed by atoms with E-state index in [1.807, 2.05) is 26.0 Å². The van der Waals surface area contributed by atoms with Crippen LogP contribution in [0.5, 0.6) is 0 Å². The lowest BCUT2D eigenvalue weighted by Crippen LogP contribution is -2.43. The highest BCUT2D eigenvalue weighted by molar-refractivity contribution is 6.21. The van der Waals surface area contributed by atoms with E-state index < -0.39 is 23.5 Å². The zero-order chi connectivity index (χ0) is 24.7. The molecule has 8 nitrogen and oxygen atoms in total. The normalized spacial score (nSPS) is 19.4. The second kappa shape index (κ2) is 8.87. The number of fused-ring (bicyclic) bond motifs is 3. The summed E-state index contributed by atoms with van der Waals surface area (Å²) in [7, 11) is 0. The van der Waals surface area contributed by atoms with Gasteiger partial charge in [-0.3, -0.25) is 19.3 Å². The van der Waals surface area contributed by atoms with Crippen molar-refractivity contribution in [3.8, 4) is 11.3 Å². The molecular weight excluding hydrogens is 446 g/mol. The topological polar surface area (TPSA) is 113 Å². The molecule has 35 heavy (non-hydrogen) atoms. The Bertz CT molecular complexity index is 1340. The summed E-state index contributed by atoms with van der Waals surface area (Å²) in [6.07, 6.45) is 2.60. The quantitative estimate of drug-likeness (QED) is 0.580. The lowest BCUT2D eigenvalue weighted by molar-refractivity contribution is -0.117. The summed E-state index contributed by atoms with van der Waals surface area (Å²) >= 11 is 0. The molecule has 2 aromatic carbocycles. The highest BCUT2D eigenvalue weighted by Crippen LogP contribution is 2.40. The molecule has 2 unspecified atom stereocenters. The number of rotatable bonds is 5. The molecule has 178 valence electrons. The molecule has 0 fully saturated rings. The highest BCUT2D eigenvalue weighted by Gasteiger charge is 2.47. The van der Waals surface area contributed by atoms with Gasteiger partial charge in [0.05, 0.1) is 11.6 Å². The molecule has 0 saturated carbocycles. The third-order valence-corrected chi connectivity index (χ3v) is 6.78. The predicted molar refractivity (Wildman–Crippen MR) is 129 cm³/mol. The highest BCUT2D eigenvalue weighted by atomic mass is 16.5. The molecule has 1 aliphatic heterocycles. The Morgan fingerprint density at radius 1 is 1.11 bits per heavy atom. The van der Waals surface area contributed by atoms with E-state index in [0.29, 0.717) is 41.9 Å². The van der Waals surface area contributed by atoms with Crippen LogP contribution in [-0.2, 0) is 11.2 Å². The number of nitrogens with zero attached hydrogens (tertiary/aromatic N) is 2. The van der Waals surface area contributed by atoms with Crippen LogP contribution >= 0.6 is 0 Å². The summed E-state index contributed by atoms with van der Waals surface area (Å²) in [5.41, 5.74) is 3.78. The number of carbonyl (C=O) groups excluding carboxylic acids is 3. The molecule has 2 amide bonds. The van der Waals surface area contributed by atoms with Crippen molar-refractivity contribution in [2.24, 2.45) is 5.92 Å². The molecule has 8 heteroatoms. The van der Waals surface area contributed by atoms with Gasteiger partial charge in [0, 0.05) is 35.0 Å². The third-order valence-electron chi connectivity index (χ3n) is 6.78. The number of ketones is 1. The number of benzene rings is 2. The Balaban J connectivity index is 1.58. The Kier molecular flexibility index (Phi) is 5.72. The number of Topliss-reactive ketones (excluding diaryl/α,β-unsaturated/α-hetero) is 1. The largest absolute Gasteiger partial charge is 0.503 e. The summed E-state index contributed by atoms with van der Waals surface area (Å²) in [5, 5.41) is 17.6. The first-order valence-corrected chi connectivity index (χ1v) is 11.7.